The largest absolute Gasteiger partial charge is 0.339 e. The van der Waals surface area contributed by atoms with Crippen LogP contribution in [0.3, 0.4) is 0 Å². The summed E-state index contributed by atoms with van der Waals surface area (Å²) in [6.07, 6.45) is 0.180. The molecule has 1 amide bonds. The number of benzene rings is 2. The molecular formula is C17H17ClFNO. The Kier molecular flexibility index (Phi) is 4.97. The van der Waals surface area contributed by atoms with E-state index in [1.165, 1.54) is 12.1 Å². The monoisotopic (exact) mass is 305 g/mol. The molecule has 2 rings (SSSR count). The van der Waals surface area contributed by atoms with Crippen LogP contribution in [-0.2, 0) is 11.2 Å². The molecule has 2 nitrogen and oxygen atoms in total. The van der Waals surface area contributed by atoms with Crippen molar-refractivity contribution < 1.29 is 9.18 Å². The summed E-state index contributed by atoms with van der Waals surface area (Å²) < 4.78 is 13.1. The number of hydrogen-bond acceptors (Lipinski definition) is 1. The van der Waals surface area contributed by atoms with Gasteiger partial charge in [0.25, 0.3) is 0 Å². The maximum atomic E-state index is 13.1. The molecule has 0 spiro atoms. The molecule has 0 bridgehead atoms. The fourth-order valence-electron chi connectivity index (χ4n) is 2.15. The molecule has 2 aromatic rings. The van der Waals surface area contributed by atoms with Crippen LogP contribution in [0.1, 0.15) is 24.1 Å². The Hall–Kier alpha value is -1.87. The zero-order valence-corrected chi connectivity index (χ0v) is 12.8. The van der Waals surface area contributed by atoms with E-state index in [2.05, 4.69) is 0 Å². The Morgan fingerprint density at radius 3 is 2.62 bits per heavy atom. The maximum absolute atomic E-state index is 13.1. The van der Waals surface area contributed by atoms with Crippen LogP contribution in [0.2, 0.25) is 5.02 Å². The lowest BCUT2D eigenvalue weighted by Gasteiger charge is -2.25. The van der Waals surface area contributed by atoms with Crippen molar-refractivity contribution >= 4 is 17.5 Å². The lowest BCUT2D eigenvalue weighted by atomic mass is 10.1. The summed E-state index contributed by atoms with van der Waals surface area (Å²) >= 11 is 5.98. The van der Waals surface area contributed by atoms with Crippen molar-refractivity contribution in [3.05, 3.63) is 70.5 Å². The second-order valence-electron chi connectivity index (χ2n) is 5.04. The van der Waals surface area contributed by atoms with E-state index in [1.807, 2.05) is 25.1 Å². The first-order valence-electron chi connectivity index (χ1n) is 6.73. The summed E-state index contributed by atoms with van der Waals surface area (Å²) in [4.78, 5) is 13.9. The van der Waals surface area contributed by atoms with Gasteiger partial charge in [-0.05, 0) is 42.3 Å². The summed E-state index contributed by atoms with van der Waals surface area (Å²) in [6, 6.07) is 13.5. The Labute approximate surface area is 129 Å². The first-order valence-corrected chi connectivity index (χ1v) is 7.10. The standard InChI is InChI=1S/C17H17ClFNO/c1-12(14-6-4-7-15(18)11-14)20(2)17(21)10-13-5-3-8-16(19)9-13/h3-9,11-12H,10H2,1-2H3. The third kappa shape index (κ3) is 4.05. The third-order valence-electron chi connectivity index (χ3n) is 3.55. The first kappa shape index (κ1) is 15.5. The van der Waals surface area contributed by atoms with Crippen molar-refractivity contribution in [2.24, 2.45) is 0 Å². The molecule has 0 radical (unpaired) electrons. The van der Waals surface area contributed by atoms with Crippen LogP contribution in [0.4, 0.5) is 4.39 Å². The Bertz CT molecular complexity index is 644. The van der Waals surface area contributed by atoms with E-state index in [1.54, 1.807) is 30.1 Å². The molecule has 0 aromatic heterocycles. The van der Waals surface area contributed by atoms with Crippen molar-refractivity contribution in [2.75, 3.05) is 7.05 Å². The highest BCUT2D eigenvalue weighted by Crippen LogP contribution is 2.22. The molecular weight excluding hydrogens is 289 g/mol. The molecule has 4 heteroatoms. The normalized spacial score (nSPS) is 12.0. The minimum absolute atomic E-state index is 0.0620. The molecule has 0 heterocycles. The minimum atomic E-state index is -0.328. The molecule has 0 saturated heterocycles. The maximum Gasteiger partial charge on any atom is 0.227 e. The van der Waals surface area contributed by atoms with Gasteiger partial charge in [-0.2, -0.15) is 0 Å². The zero-order chi connectivity index (χ0) is 15.4. The topological polar surface area (TPSA) is 20.3 Å². The molecule has 110 valence electrons. The summed E-state index contributed by atoms with van der Waals surface area (Å²) in [5, 5.41) is 0.644. The van der Waals surface area contributed by atoms with Crippen molar-refractivity contribution in [1.29, 1.82) is 0 Å². The summed E-state index contributed by atoms with van der Waals surface area (Å²) in [5.41, 5.74) is 1.64. The van der Waals surface area contributed by atoms with Gasteiger partial charge >= 0.3 is 0 Å². The molecule has 0 aliphatic heterocycles. The fourth-order valence-corrected chi connectivity index (χ4v) is 2.35. The highest BCUT2D eigenvalue weighted by Gasteiger charge is 2.18. The number of carbonyl (C=O) groups is 1. The van der Waals surface area contributed by atoms with Gasteiger partial charge in [-0.15, -0.1) is 0 Å². The van der Waals surface area contributed by atoms with Crippen LogP contribution in [0.25, 0.3) is 0 Å². The molecule has 0 saturated carbocycles. The minimum Gasteiger partial charge on any atom is -0.339 e. The van der Waals surface area contributed by atoms with Gasteiger partial charge in [-0.25, -0.2) is 4.39 Å². The second-order valence-corrected chi connectivity index (χ2v) is 5.48. The molecule has 0 fully saturated rings. The van der Waals surface area contributed by atoms with E-state index in [9.17, 15) is 9.18 Å². The van der Waals surface area contributed by atoms with Crippen LogP contribution >= 0.6 is 11.6 Å². The van der Waals surface area contributed by atoms with Crippen molar-refractivity contribution in [3.63, 3.8) is 0 Å². The van der Waals surface area contributed by atoms with Gasteiger partial charge < -0.3 is 4.90 Å². The van der Waals surface area contributed by atoms with Crippen molar-refractivity contribution in [2.45, 2.75) is 19.4 Å². The Morgan fingerprint density at radius 1 is 1.24 bits per heavy atom. The number of hydrogen-bond donors (Lipinski definition) is 0. The van der Waals surface area contributed by atoms with E-state index in [0.29, 0.717) is 10.6 Å². The quantitative estimate of drug-likeness (QED) is 0.827. The van der Waals surface area contributed by atoms with Gasteiger partial charge in [0.15, 0.2) is 0 Å². The molecule has 1 unspecified atom stereocenters. The smallest absolute Gasteiger partial charge is 0.227 e. The van der Waals surface area contributed by atoms with Gasteiger partial charge in [-0.1, -0.05) is 35.9 Å². The number of halogens is 2. The molecule has 0 aliphatic carbocycles. The van der Waals surface area contributed by atoms with Crippen LogP contribution in [0, 0.1) is 5.82 Å². The highest BCUT2D eigenvalue weighted by atomic mass is 35.5. The number of nitrogens with zero attached hydrogens (tertiary/aromatic N) is 1. The lowest BCUT2D eigenvalue weighted by molar-refractivity contribution is -0.131. The number of rotatable bonds is 4. The SMILES string of the molecule is CC(c1cccc(Cl)c1)N(C)C(=O)Cc1cccc(F)c1. The number of amides is 1. The number of likely N-dealkylation sites (N-methyl/N-ethyl adjacent to an activating group) is 1. The molecule has 1 atom stereocenters. The van der Waals surface area contributed by atoms with Gasteiger partial charge in [0.1, 0.15) is 5.82 Å². The van der Waals surface area contributed by atoms with E-state index in [-0.39, 0.29) is 24.2 Å². The summed E-state index contributed by atoms with van der Waals surface area (Å²) in [6.45, 7) is 1.94. The van der Waals surface area contributed by atoms with Crippen LogP contribution in [0.15, 0.2) is 48.5 Å². The van der Waals surface area contributed by atoms with E-state index in [0.717, 1.165) is 5.56 Å². The van der Waals surface area contributed by atoms with Gasteiger partial charge in [0.2, 0.25) is 5.91 Å². The summed E-state index contributed by atoms with van der Waals surface area (Å²) in [7, 11) is 1.74. The second kappa shape index (κ2) is 6.72. The first-order chi connectivity index (χ1) is 9.97. The average molecular weight is 306 g/mol. The summed E-state index contributed by atoms with van der Waals surface area (Å²) in [5.74, 6) is -0.390. The molecule has 21 heavy (non-hydrogen) atoms. The van der Waals surface area contributed by atoms with Crippen LogP contribution in [-0.4, -0.2) is 17.9 Å². The highest BCUT2D eigenvalue weighted by molar-refractivity contribution is 6.30. The predicted octanol–water partition coefficient (Wildman–Crippen LogP) is 4.24. The molecule has 0 aliphatic rings. The van der Waals surface area contributed by atoms with Crippen molar-refractivity contribution in [3.8, 4) is 0 Å². The predicted molar refractivity (Wildman–Crippen MR) is 82.7 cm³/mol. The Morgan fingerprint density at radius 2 is 1.95 bits per heavy atom. The van der Waals surface area contributed by atoms with Crippen LogP contribution < -0.4 is 0 Å². The van der Waals surface area contributed by atoms with Gasteiger partial charge in [0, 0.05) is 12.1 Å². The molecule has 0 N–H and O–H groups in total. The Balaban J connectivity index is 2.08. The molecule has 2 aromatic carbocycles. The van der Waals surface area contributed by atoms with Crippen LogP contribution in [0.5, 0.6) is 0 Å². The van der Waals surface area contributed by atoms with Crippen molar-refractivity contribution in [1.82, 2.24) is 4.90 Å². The average Bonchev–Trinajstić information content (AvgIpc) is 2.45. The fraction of sp³-hybridized carbons (Fsp3) is 0.235. The number of carbonyl (C=O) groups excluding carboxylic acids is 1. The van der Waals surface area contributed by atoms with E-state index in [4.69, 9.17) is 11.6 Å². The lowest BCUT2D eigenvalue weighted by Crippen LogP contribution is -2.31. The van der Waals surface area contributed by atoms with E-state index < -0.39 is 0 Å². The zero-order valence-electron chi connectivity index (χ0n) is 12.0. The van der Waals surface area contributed by atoms with Gasteiger partial charge in [0.05, 0.1) is 12.5 Å². The van der Waals surface area contributed by atoms with E-state index >= 15 is 0 Å². The van der Waals surface area contributed by atoms with Gasteiger partial charge in [-0.3, -0.25) is 4.79 Å². The third-order valence-corrected chi connectivity index (χ3v) is 3.78.